The number of alkyl halides is 3. The number of aromatic nitrogens is 3. The third-order valence-corrected chi connectivity index (χ3v) is 7.96. The van der Waals surface area contributed by atoms with Gasteiger partial charge < -0.3 is 4.74 Å². The van der Waals surface area contributed by atoms with Crippen molar-refractivity contribution in [3.05, 3.63) is 88.7 Å². The van der Waals surface area contributed by atoms with Crippen LogP contribution in [0.5, 0.6) is 5.75 Å². The molecule has 1 aliphatic rings. The van der Waals surface area contributed by atoms with Gasteiger partial charge in [-0.2, -0.15) is 4.99 Å². The van der Waals surface area contributed by atoms with Crippen molar-refractivity contribution >= 4 is 46.2 Å². The van der Waals surface area contributed by atoms with Gasteiger partial charge in [0.15, 0.2) is 11.0 Å². The lowest BCUT2D eigenvalue weighted by Crippen LogP contribution is -2.39. The van der Waals surface area contributed by atoms with Gasteiger partial charge in [-0.15, -0.1) is 18.3 Å². The summed E-state index contributed by atoms with van der Waals surface area (Å²) in [6.07, 6.45) is -3.31. The van der Waals surface area contributed by atoms with Crippen molar-refractivity contribution in [2.45, 2.75) is 33.2 Å². The first kappa shape index (κ1) is 31.0. The fourth-order valence-electron chi connectivity index (χ4n) is 4.32. The highest BCUT2D eigenvalue weighted by atomic mass is 35.5. The molecular weight excluding hydrogens is 619 g/mol. The molecule has 1 atom stereocenters. The van der Waals surface area contributed by atoms with Gasteiger partial charge in [-0.05, 0) is 67.8 Å². The van der Waals surface area contributed by atoms with E-state index in [1.165, 1.54) is 40.2 Å². The molecule has 1 unspecified atom stereocenters. The molecule has 3 aromatic carbocycles. The van der Waals surface area contributed by atoms with Crippen LogP contribution in [0.1, 0.15) is 29.7 Å². The van der Waals surface area contributed by atoms with E-state index in [9.17, 15) is 22.8 Å². The molecule has 1 aliphatic heterocycles. The fourth-order valence-corrected chi connectivity index (χ4v) is 5.46. The number of nitrogens with one attached hydrogen (secondary N) is 2. The molecule has 0 saturated carbocycles. The molecule has 1 aromatic heterocycles. The van der Waals surface area contributed by atoms with Crippen LogP contribution < -0.4 is 20.5 Å². The minimum Gasteiger partial charge on any atom is -0.406 e. The molecule has 0 aliphatic carbocycles. The number of hydrogen-bond acceptors (Lipinski definition) is 7. The van der Waals surface area contributed by atoms with Gasteiger partial charge in [-0.25, -0.2) is 19.9 Å². The standard InChI is InChI=1S/C29H25ClF3N7O3S/c1-16-4-13-23(30)25(17(16)2)40-24(41)14-44-28(40)35-27(42)37-36-18(3)19-5-7-20(8-6-19)26-34-15-39(38-26)21-9-11-22(12-10-21)43-29(31,32)33/h4-13,15,18,36H,14H2,1-3H3,(H,37,42). The number of carbonyl (C=O) groups is 2. The molecule has 0 bridgehead atoms. The number of hydrogen-bond donors (Lipinski definition) is 2. The third kappa shape index (κ3) is 7.04. The predicted octanol–water partition coefficient (Wildman–Crippen LogP) is 6.51. The summed E-state index contributed by atoms with van der Waals surface area (Å²) in [6, 6.07) is 15.2. The first-order valence-electron chi connectivity index (χ1n) is 13.1. The van der Waals surface area contributed by atoms with Crippen LogP contribution in [0, 0.1) is 13.8 Å². The Balaban J connectivity index is 1.20. The molecule has 15 heteroatoms. The average Bonchev–Trinajstić information content (AvgIpc) is 3.61. The second kappa shape index (κ2) is 12.7. The molecule has 1 fully saturated rings. The molecule has 1 saturated heterocycles. The molecule has 44 heavy (non-hydrogen) atoms. The van der Waals surface area contributed by atoms with Crippen molar-refractivity contribution in [1.82, 2.24) is 25.6 Å². The van der Waals surface area contributed by atoms with E-state index in [0.717, 1.165) is 28.5 Å². The third-order valence-electron chi connectivity index (χ3n) is 6.73. The van der Waals surface area contributed by atoms with Crippen molar-refractivity contribution in [2.75, 3.05) is 10.7 Å². The number of anilines is 1. The van der Waals surface area contributed by atoms with Gasteiger partial charge in [0.1, 0.15) is 12.1 Å². The summed E-state index contributed by atoms with van der Waals surface area (Å²) in [5, 5.41) is 5.03. The van der Waals surface area contributed by atoms with Gasteiger partial charge in [-0.1, -0.05) is 53.7 Å². The first-order valence-corrected chi connectivity index (χ1v) is 14.5. The SMILES string of the molecule is Cc1ccc(Cl)c(N2C(=O)CSC2=NC(=O)NNC(C)c2ccc(-c3ncn(-c4ccc(OC(F)(F)F)cc4)n3)cc2)c1C. The van der Waals surface area contributed by atoms with Crippen LogP contribution in [-0.2, 0) is 4.79 Å². The Bertz CT molecular complexity index is 1730. The van der Waals surface area contributed by atoms with Gasteiger partial charge in [0.2, 0.25) is 5.91 Å². The van der Waals surface area contributed by atoms with Crippen LogP contribution in [0.15, 0.2) is 72.0 Å². The highest BCUT2D eigenvalue weighted by Crippen LogP contribution is 2.36. The van der Waals surface area contributed by atoms with Crippen molar-refractivity contribution in [2.24, 2.45) is 4.99 Å². The number of thioether (sulfide) groups is 1. The van der Waals surface area contributed by atoms with Gasteiger partial charge in [0, 0.05) is 11.6 Å². The number of amides is 3. The lowest BCUT2D eigenvalue weighted by molar-refractivity contribution is -0.274. The zero-order chi connectivity index (χ0) is 31.6. The summed E-state index contributed by atoms with van der Waals surface area (Å²) in [5.41, 5.74) is 9.83. The highest BCUT2D eigenvalue weighted by Gasteiger charge is 2.33. The Morgan fingerprint density at radius 1 is 1.09 bits per heavy atom. The second-order valence-corrected chi connectivity index (χ2v) is 11.1. The summed E-state index contributed by atoms with van der Waals surface area (Å²) >= 11 is 7.56. The molecule has 0 radical (unpaired) electrons. The van der Waals surface area contributed by atoms with Crippen molar-refractivity contribution < 1.29 is 27.5 Å². The molecule has 10 nitrogen and oxygen atoms in total. The quantitative estimate of drug-likeness (QED) is 0.221. The van der Waals surface area contributed by atoms with Crippen LogP contribution in [0.3, 0.4) is 0 Å². The number of amidine groups is 1. The topological polar surface area (TPSA) is 114 Å². The Morgan fingerprint density at radius 2 is 1.80 bits per heavy atom. The van der Waals surface area contributed by atoms with Crippen LogP contribution in [0.2, 0.25) is 5.02 Å². The molecule has 4 aromatic rings. The van der Waals surface area contributed by atoms with E-state index in [0.29, 0.717) is 27.8 Å². The van der Waals surface area contributed by atoms with Crippen molar-refractivity contribution in [3.8, 4) is 22.8 Å². The molecule has 2 N–H and O–H groups in total. The largest absolute Gasteiger partial charge is 0.573 e. The smallest absolute Gasteiger partial charge is 0.406 e. The van der Waals surface area contributed by atoms with Crippen molar-refractivity contribution in [1.29, 1.82) is 0 Å². The fraction of sp³-hybridized carbons (Fsp3) is 0.207. The Kier molecular flexibility index (Phi) is 8.95. The summed E-state index contributed by atoms with van der Waals surface area (Å²) in [7, 11) is 0. The Hall–Kier alpha value is -4.40. The first-order chi connectivity index (χ1) is 20.9. The molecule has 3 amide bonds. The number of urea groups is 1. The maximum absolute atomic E-state index is 12.7. The number of nitrogens with zero attached hydrogens (tertiary/aromatic N) is 5. The van der Waals surface area contributed by atoms with Gasteiger partial charge >= 0.3 is 12.4 Å². The number of hydrazine groups is 1. The predicted molar refractivity (Wildman–Crippen MR) is 162 cm³/mol. The lowest BCUT2D eigenvalue weighted by Gasteiger charge is -2.21. The van der Waals surface area contributed by atoms with E-state index in [-0.39, 0.29) is 28.6 Å². The summed E-state index contributed by atoms with van der Waals surface area (Å²) in [6.45, 7) is 5.62. The zero-order valence-corrected chi connectivity index (χ0v) is 25.1. The van der Waals surface area contributed by atoms with Gasteiger partial charge in [0.25, 0.3) is 0 Å². The van der Waals surface area contributed by atoms with Gasteiger partial charge in [0.05, 0.1) is 22.2 Å². The summed E-state index contributed by atoms with van der Waals surface area (Å²) in [4.78, 5) is 35.1. The van der Waals surface area contributed by atoms with E-state index in [1.807, 2.05) is 51.1 Å². The van der Waals surface area contributed by atoms with Crippen molar-refractivity contribution in [3.63, 3.8) is 0 Å². The van der Waals surface area contributed by atoms with E-state index < -0.39 is 12.4 Å². The van der Waals surface area contributed by atoms with Crippen LogP contribution in [-0.4, -0.2) is 44.0 Å². The molecule has 0 spiro atoms. The van der Waals surface area contributed by atoms with E-state index in [2.05, 4.69) is 30.7 Å². The number of aryl methyl sites for hydroxylation is 1. The number of rotatable bonds is 7. The molecule has 228 valence electrons. The molecular formula is C29H25ClF3N7O3S. The summed E-state index contributed by atoms with van der Waals surface area (Å²) < 4.78 is 42.5. The monoisotopic (exact) mass is 643 g/mol. The minimum absolute atomic E-state index is 0.141. The Labute approximate surface area is 259 Å². The maximum atomic E-state index is 12.7. The number of benzene rings is 3. The van der Waals surface area contributed by atoms with Crippen LogP contribution in [0.25, 0.3) is 17.1 Å². The number of carbonyl (C=O) groups excluding carboxylic acids is 2. The van der Waals surface area contributed by atoms with Gasteiger partial charge in [-0.3, -0.25) is 15.1 Å². The zero-order valence-electron chi connectivity index (χ0n) is 23.5. The highest BCUT2D eigenvalue weighted by molar-refractivity contribution is 8.15. The molecule has 5 rings (SSSR count). The van der Waals surface area contributed by atoms with Crippen LogP contribution >= 0.6 is 23.4 Å². The number of ether oxygens (including phenoxy) is 1. The number of aliphatic imine (C=N–C) groups is 1. The van der Waals surface area contributed by atoms with E-state index >= 15 is 0 Å². The normalized spacial score (nSPS) is 15.1. The van der Waals surface area contributed by atoms with E-state index in [1.54, 1.807) is 6.07 Å². The lowest BCUT2D eigenvalue weighted by atomic mass is 10.1. The number of halogens is 4. The minimum atomic E-state index is -4.77. The molecule has 2 heterocycles. The Morgan fingerprint density at radius 3 is 2.48 bits per heavy atom. The average molecular weight is 644 g/mol. The second-order valence-electron chi connectivity index (χ2n) is 9.72. The summed E-state index contributed by atoms with van der Waals surface area (Å²) in [5.74, 6) is 0.00286. The van der Waals surface area contributed by atoms with E-state index in [4.69, 9.17) is 11.6 Å². The maximum Gasteiger partial charge on any atom is 0.573 e. The van der Waals surface area contributed by atoms with Crippen LogP contribution in [0.4, 0.5) is 23.7 Å².